The number of hydrogen-bond acceptors (Lipinski definition) is 2. The zero-order valence-corrected chi connectivity index (χ0v) is 8.75. The lowest BCUT2D eigenvalue weighted by molar-refractivity contribution is -0.120. The number of nitrogens with one attached hydrogen (secondary N) is 1. The van der Waals surface area contributed by atoms with Gasteiger partial charge in [0.1, 0.15) is 0 Å². The molecule has 0 fully saturated rings. The van der Waals surface area contributed by atoms with Gasteiger partial charge in [-0.25, -0.2) is 0 Å². The van der Waals surface area contributed by atoms with Crippen molar-refractivity contribution in [3.8, 4) is 0 Å². The molecule has 0 spiro atoms. The van der Waals surface area contributed by atoms with E-state index in [2.05, 4.69) is 26.2 Å². The largest absolute Gasteiger partial charge is 0.352 e. The van der Waals surface area contributed by atoms with E-state index in [1.54, 1.807) is 12.4 Å². The van der Waals surface area contributed by atoms with Crippen LogP contribution in [0.25, 0.3) is 0 Å². The van der Waals surface area contributed by atoms with E-state index >= 15 is 0 Å². The van der Waals surface area contributed by atoms with Crippen LogP contribution in [0.2, 0.25) is 0 Å². The van der Waals surface area contributed by atoms with Crippen LogP contribution in [0.5, 0.6) is 0 Å². The number of aromatic nitrogens is 1. The maximum Gasteiger partial charge on any atom is 0.221 e. The normalized spacial score (nSPS) is 9.62. The summed E-state index contributed by atoms with van der Waals surface area (Å²) < 4.78 is 0. The SMILES string of the molecule is O=C(CCBr)NCc1cccnc1. The number of amides is 1. The molecule has 0 unspecified atom stereocenters. The highest BCUT2D eigenvalue weighted by Crippen LogP contribution is 1.95. The maximum absolute atomic E-state index is 11.1. The van der Waals surface area contributed by atoms with Gasteiger partial charge in [0.2, 0.25) is 5.91 Å². The summed E-state index contributed by atoms with van der Waals surface area (Å²) in [5, 5.41) is 3.49. The highest BCUT2D eigenvalue weighted by molar-refractivity contribution is 9.09. The summed E-state index contributed by atoms with van der Waals surface area (Å²) in [6.07, 6.45) is 3.97. The number of hydrogen-bond donors (Lipinski definition) is 1. The average Bonchev–Trinajstić information content (AvgIpc) is 2.17. The Labute approximate surface area is 85.7 Å². The molecule has 0 radical (unpaired) electrons. The second kappa shape index (κ2) is 5.70. The number of pyridine rings is 1. The van der Waals surface area contributed by atoms with Crippen LogP contribution in [0.1, 0.15) is 12.0 Å². The summed E-state index contributed by atoms with van der Waals surface area (Å²) in [5.41, 5.74) is 1.02. The first kappa shape index (κ1) is 10.2. The van der Waals surface area contributed by atoms with Crippen molar-refractivity contribution in [2.75, 3.05) is 5.33 Å². The van der Waals surface area contributed by atoms with Crippen molar-refractivity contribution in [3.05, 3.63) is 30.1 Å². The van der Waals surface area contributed by atoms with Crippen LogP contribution < -0.4 is 5.32 Å². The third-order valence-electron chi connectivity index (χ3n) is 1.53. The lowest BCUT2D eigenvalue weighted by Gasteiger charge is -2.02. The Bertz CT molecular complexity index is 264. The highest BCUT2D eigenvalue weighted by atomic mass is 79.9. The molecular weight excluding hydrogens is 232 g/mol. The molecule has 3 nitrogen and oxygen atoms in total. The summed E-state index contributed by atoms with van der Waals surface area (Å²) in [4.78, 5) is 15.0. The number of carbonyl (C=O) groups excluding carboxylic acids is 1. The Hall–Kier alpha value is -0.900. The first-order valence-electron chi connectivity index (χ1n) is 4.04. The summed E-state index contributed by atoms with van der Waals surface area (Å²) >= 11 is 3.20. The van der Waals surface area contributed by atoms with Gasteiger partial charge in [-0.3, -0.25) is 9.78 Å². The van der Waals surface area contributed by atoms with Crippen LogP contribution >= 0.6 is 15.9 Å². The van der Waals surface area contributed by atoms with Crippen LogP contribution in [-0.2, 0) is 11.3 Å². The fourth-order valence-electron chi connectivity index (χ4n) is 0.878. The quantitative estimate of drug-likeness (QED) is 0.814. The summed E-state index contributed by atoms with van der Waals surface area (Å²) in [7, 11) is 0. The molecule has 1 aromatic heterocycles. The van der Waals surface area contributed by atoms with Crippen LogP contribution in [-0.4, -0.2) is 16.2 Å². The van der Waals surface area contributed by atoms with Gasteiger partial charge in [-0.1, -0.05) is 22.0 Å². The molecule has 70 valence electrons. The molecule has 0 aliphatic heterocycles. The smallest absolute Gasteiger partial charge is 0.221 e. The van der Waals surface area contributed by atoms with Crippen LogP contribution in [0, 0.1) is 0 Å². The molecule has 1 heterocycles. The number of halogens is 1. The molecule has 1 amide bonds. The molecule has 0 aromatic carbocycles. The number of nitrogens with zero attached hydrogens (tertiary/aromatic N) is 1. The van der Waals surface area contributed by atoms with Gasteiger partial charge in [0.25, 0.3) is 0 Å². The minimum Gasteiger partial charge on any atom is -0.352 e. The highest BCUT2D eigenvalue weighted by Gasteiger charge is 1.98. The predicted octanol–water partition coefficient (Wildman–Crippen LogP) is 1.48. The summed E-state index contributed by atoms with van der Waals surface area (Å²) in [5.74, 6) is 0.0562. The van der Waals surface area contributed by atoms with E-state index < -0.39 is 0 Å². The zero-order valence-electron chi connectivity index (χ0n) is 7.16. The van der Waals surface area contributed by atoms with Gasteiger partial charge in [0.05, 0.1) is 0 Å². The third kappa shape index (κ3) is 4.03. The van der Waals surface area contributed by atoms with E-state index in [-0.39, 0.29) is 5.91 Å². The van der Waals surface area contributed by atoms with Gasteiger partial charge in [-0.05, 0) is 11.6 Å². The topological polar surface area (TPSA) is 42.0 Å². The van der Waals surface area contributed by atoms with Crippen LogP contribution in [0.15, 0.2) is 24.5 Å². The van der Waals surface area contributed by atoms with Crippen molar-refractivity contribution < 1.29 is 4.79 Å². The fraction of sp³-hybridized carbons (Fsp3) is 0.333. The zero-order chi connectivity index (χ0) is 9.52. The second-order valence-corrected chi connectivity index (χ2v) is 3.37. The average molecular weight is 243 g/mol. The summed E-state index contributed by atoms with van der Waals surface area (Å²) in [6.45, 7) is 0.555. The number of rotatable bonds is 4. The Morgan fingerprint density at radius 1 is 1.62 bits per heavy atom. The van der Waals surface area contributed by atoms with Crippen molar-refractivity contribution >= 4 is 21.8 Å². The lowest BCUT2D eigenvalue weighted by Crippen LogP contribution is -2.22. The number of carbonyl (C=O) groups is 1. The van der Waals surface area contributed by atoms with E-state index in [1.165, 1.54) is 0 Å². The Balaban J connectivity index is 2.31. The van der Waals surface area contributed by atoms with E-state index in [0.717, 1.165) is 5.56 Å². The van der Waals surface area contributed by atoms with Crippen molar-refractivity contribution in [2.24, 2.45) is 0 Å². The molecule has 4 heteroatoms. The summed E-state index contributed by atoms with van der Waals surface area (Å²) in [6, 6.07) is 3.79. The molecule has 0 aliphatic carbocycles. The molecule has 0 saturated heterocycles. The van der Waals surface area contributed by atoms with E-state index in [1.807, 2.05) is 12.1 Å². The molecule has 13 heavy (non-hydrogen) atoms. The van der Waals surface area contributed by atoms with Crippen molar-refractivity contribution in [1.29, 1.82) is 0 Å². The third-order valence-corrected chi connectivity index (χ3v) is 1.93. The predicted molar refractivity (Wildman–Crippen MR) is 54.5 cm³/mol. The van der Waals surface area contributed by atoms with Crippen molar-refractivity contribution in [3.63, 3.8) is 0 Å². The van der Waals surface area contributed by atoms with Gasteiger partial charge in [0.15, 0.2) is 0 Å². The van der Waals surface area contributed by atoms with Gasteiger partial charge >= 0.3 is 0 Å². The molecule has 0 bridgehead atoms. The lowest BCUT2D eigenvalue weighted by atomic mass is 10.3. The number of alkyl halides is 1. The first-order chi connectivity index (χ1) is 6.33. The van der Waals surface area contributed by atoms with Gasteiger partial charge in [-0.15, -0.1) is 0 Å². The Morgan fingerprint density at radius 2 is 2.46 bits per heavy atom. The molecule has 1 N–H and O–H groups in total. The van der Waals surface area contributed by atoms with Gasteiger partial charge in [0, 0.05) is 30.7 Å². The minimum absolute atomic E-state index is 0.0562. The van der Waals surface area contributed by atoms with Gasteiger partial charge < -0.3 is 5.32 Å². The van der Waals surface area contributed by atoms with E-state index in [0.29, 0.717) is 18.3 Å². The Kier molecular flexibility index (Phi) is 4.46. The van der Waals surface area contributed by atoms with E-state index in [4.69, 9.17) is 0 Å². The Morgan fingerprint density at radius 3 is 3.08 bits per heavy atom. The van der Waals surface area contributed by atoms with Gasteiger partial charge in [-0.2, -0.15) is 0 Å². The molecular formula is C9H11BrN2O. The molecule has 0 atom stereocenters. The van der Waals surface area contributed by atoms with Crippen LogP contribution in [0.4, 0.5) is 0 Å². The molecule has 1 rings (SSSR count). The van der Waals surface area contributed by atoms with Crippen LogP contribution in [0.3, 0.4) is 0 Å². The molecule has 1 aromatic rings. The van der Waals surface area contributed by atoms with Crippen molar-refractivity contribution in [2.45, 2.75) is 13.0 Å². The molecule has 0 saturated carbocycles. The second-order valence-electron chi connectivity index (χ2n) is 2.58. The first-order valence-corrected chi connectivity index (χ1v) is 5.16. The standard InChI is InChI=1S/C9H11BrN2O/c10-4-3-9(13)12-7-8-2-1-5-11-6-8/h1-2,5-6H,3-4,7H2,(H,12,13). The maximum atomic E-state index is 11.1. The van der Waals surface area contributed by atoms with Crippen molar-refractivity contribution in [1.82, 2.24) is 10.3 Å². The fourth-order valence-corrected chi connectivity index (χ4v) is 1.24. The monoisotopic (exact) mass is 242 g/mol. The molecule has 0 aliphatic rings. The minimum atomic E-state index is 0.0562. The van der Waals surface area contributed by atoms with E-state index in [9.17, 15) is 4.79 Å².